The average molecular weight is 198 g/mol. The summed E-state index contributed by atoms with van der Waals surface area (Å²) in [7, 11) is 0. The van der Waals surface area contributed by atoms with Crippen LogP contribution in [0.25, 0.3) is 0 Å². The highest BCUT2D eigenvalue weighted by Gasteiger charge is 2.38. The van der Waals surface area contributed by atoms with Gasteiger partial charge in [0.2, 0.25) is 0 Å². The van der Waals surface area contributed by atoms with Crippen molar-refractivity contribution in [3.05, 3.63) is 0 Å². The second kappa shape index (κ2) is 3.80. The Labute approximate surface area is 86.4 Å². The fraction of sp³-hybridized carbons (Fsp3) is 1.00. The van der Waals surface area contributed by atoms with Crippen LogP contribution in [0.15, 0.2) is 0 Å². The van der Waals surface area contributed by atoms with Gasteiger partial charge in [-0.2, -0.15) is 0 Å². The minimum absolute atomic E-state index is 0.0994. The predicted octanol–water partition coefficient (Wildman–Crippen LogP) is 1.03. The second-order valence-corrected chi connectivity index (χ2v) is 5.01. The van der Waals surface area contributed by atoms with Crippen molar-refractivity contribution < 1.29 is 4.74 Å². The van der Waals surface area contributed by atoms with E-state index in [4.69, 9.17) is 10.5 Å². The SMILES string of the molecule is CCC1(NCC2(N)CCOC2)CCC1. The first-order valence-electron chi connectivity index (χ1n) is 5.80. The molecule has 2 fully saturated rings. The number of hydrogen-bond donors (Lipinski definition) is 2. The van der Waals surface area contributed by atoms with Crippen LogP contribution in [0.1, 0.15) is 39.0 Å². The van der Waals surface area contributed by atoms with Gasteiger partial charge in [0, 0.05) is 18.7 Å². The first-order chi connectivity index (χ1) is 6.68. The number of rotatable bonds is 4. The van der Waals surface area contributed by atoms with Crippen LogP contribution in [0.2, 0.25) is 0 Å². The number of ether oxygens (including phenoxy) is 1. The molecule has 3 heteroatoms. The summed E-state index contributed by atoms with van der Waals surface area (Å²) in [6.45, 7) is 4.73. The van der Waals surface area contributed by atoms with Crippen molar-refractivity contribution in [3.8, 4) is 0 Å². The van der Waals surface area contributed by atoms with Crippen molar-refractivity contribution in [1.29, 1.82) is 0 Å². The molecular formula is C11H22N2O. The summed E-state index contributed by atoms with van der Waals surface area (Å²) in [4.78, 5) is 0. The van der Waals surface area contributed by atoms with Crippen LogP contribution in [0.3, 0.4) is 0 Å². The lowest BCUT2D eigenvalue weighted by atomic mass is 9.74. The summed E-state index contributed by atoms with van der Waals surface area (Å²) in [6, 6.07) is 0. The van der Waals surface area contributed by atoms with E-state index in [1.54, 1.807) is 0 Å². The highest BCUT2D eigenvalue weighted by Crippen LogP contribution is 2.35. The quantitative estimate of drug-likeness (QED) is 0.709. The van der Waals surface area contributed by atoms with Gasteiger partial charge >= 0.3 is 0 Å². The summed E-state index contributed by atoms with van der Waals surface area (Å²) in [5.74, 6) is 0. The van der Waals surface area contributed by atoms with Gasteiger partial charge in [-0.25, -0.2) is 0 Å². The number of hydrogen-bond acceptors (Lipinski definition) is 3. The predicted molar refractivity (Wildman–Crippen MR) is 57.2 cm³/mol. The summed E-state index contributed by atoms with van der Waals surface area (Å²) < 4.78 is 5.35. The lowest BCUT2D eigenvalue weighted by molar-refractivity contribution is 0.145. The van der Waals surface area contributed by atoms with Crippen molar-refractivity contribution >= 4 is 0 Å². The van der Waals surface area contributed by atoms with Crippen LogP contribution in [0.4, 0.5) is 0 Å². The zero-order chi connectivity index (χ0) is 10.1. The Kier molecular flexibility index (Phi) is 2.82. The largest absolute Gasteiger partial charge is 0.379 e. The van der Waals surface area contributed by atoms with Gasteiger partial charge < -0.3 is 15.8 Å². The molecule has 1 saturated heterocycles. The van der Waals surface area contributed by atoms with Crippen LogP contribution in [-0.2, 0) is 4.74 Å². The van der Waals surface area contributed by atoms with Gasteiger partial charge in [0.05, 0.1) is 12.1 Å². The van der Waals surface area contributed by atoms with Crippen molar-refractivity contribution in [1.82, 2.24) is 5.32 Å². The molecule has 0 amide bonds. The minimum atomic E-state index is -0.0994. The van der Waals surface area contributed by atoms with Crippen LogP contribution in [0, 0.1) is 0 Å². The number of nitrogens with one attached hydrogen (secondary N) is 1. The van der Waals surface area contributed by atoms with E-state index in [9.17, 15) is 0 Å². The highest BCUT2D eigenvalue weighted by atomic mass is 16.5. The molecule has 14 heavy (non-hydrogen) atoms. The van der Waals surface area contributed by atoms with E-state index >= 15 is 0 Å². The molecule has 1 unspecified atom stereocenters. The maximum absolute atomic E-state index is 6.21. The van der Waals surface area contributed by atoms with Gasteiger partial charge in [-0.15, -0.1) is 0 Å². The second-order valence-electron chi connectivity index (χ2n) is 5.01. The molecule has 1 aliphatic carbocycles. The number of nitrogens with two attached hydrogens (primary N) is 1. The van der Waals surface area contributed by atoms with Crippen LogP contribution < -0.4 is 11.1 Å². The third-order valence-electron chi connectivity index (χ3n) is 3.94. The van der Waals surface area contributed by atoms with Crippen molar-refractivity contribution in [2.24, 2.45) is 5.73 Å². The van der Waals surface area contributed by atoms with Gasteiger partial charge in [-0.05, 0) is 32.1 Å². The molecule has 3 N–H and O–H groups in total. The van der Waals surface area contributed by atoms with E-state index in [1.165, 1.54) is 25.7 Å². The molecule has 0 aromatic carbocycles. The van der Waals surface area contributed by atoms with Crippen LogP contribution >= 0.6 is 0 Å². The van der Waals surface area contributed by atoms with E-state index in [0.29, 0.717) is 5.54 Å². The van der Waals surface area contributed by atoms with E-state index < -0.39 is 0 Å². The molecule has 0 aromatic heterocycles. The molecule has 0 bridgehead atoms. The molecule has 82 valence electrons. The Balaban J connectivity index is 1.80. The molecule has 3 nitrogen and oxygen atoms in total. The Morgan fingerprint density at radius 3 is 2.57 bits per heavy atom. The maximum atomic E-state index is 6.21. The van der Waals surface area contributed by atoms with Gasteiger partial charge in [0.25, 0.3) is 0 Å². The molecule has 0 aromatic rings. The van der Waals surface area contributed by atoms with Crippen LogP contribution in [-0.4, -0.2) is 30.8 Å². The molecular weight excluding hydrogens is 176 g/mol. The zero-order valence-corrected chi connectivity index (χ0v) is 9.14. The zero-order valence-electron chi connectivity index (χ0n) is 9.14. The Hall–Kier alpha value is -0.120. The molecule has 1 aliphatic heterocycles. The fourth-order valence-electron chi connectivity index (χ4n) is 2.38. The van der Waals surface area contributed by atoms with Crippen molar-refractivity contribution in [3.63, 3.8) is 0 Å². The van der Waals surface area contributed by atoms with Gasteiger partial charge in [-0.3, -0.25) is 0 Å². The van der Waals surface area contributed by atoms with E-state index in [0.717, 1.165) is 26.2 Å². The average Bonchev–Trinajstić information content (AvgIpc) is 2.52. The minimum Gasteiger partial charge on any atom is -0.379 e. The molecule has 2 rings (SSSR count). The first-order valence-corrected chi connectivity index (χ1v) is 5.80. The molecule has 2 aliphatic rings. The molecule has 1 heterocycles. The van der Waals surface area contributed by atoms with Gasteiger partial charge in [0.15, 0.2) is 0 Å². The smallest absolute Gasteiger partial charge is 0.0659 e. The van der Waals surface area contributed by atoms with E-state index in [-0.39, 0.29) is 5.54 Å². The normalized spacial score (nSPS) is 35.6. The topological polar surface area (TPSA) is 47.3 Å². The fourth-order valence-corrected chi connectivity index (χ4v) is 2.38. The summed E-state index contributed by atoms with van der Waals surface area (Å²) >= 11 is 0. The van der Waals surface area contributed by atoms with E-state index in [1.807, 2.05) is 0 Å². The molecule has 0 radical (unpaired) electrons. The lowest BCUT2D eigenvalue weighted by Gasteiger charge is -2.44. The Bertz CT molecular complexity index is 188. The van der Waals surface area contributed by atoms with Gasteiger partial charge in [-0.1, -0.05) is 6.92 Å². The third kappa shape index (κ3) is 1.95. The Morgan fingerprint density at radius 1 is 1.36 bits per heavy atom. The Morgan fingerprint density at radius 2 is 2.14 bits per heavy atom. The molecule has 1 atom stereocenters. The lowest BCUT2D eigenvalue weighted by Crippen LogP contribution is -2.58. The van der Waals surface area contributed by atoms with Crippen molar-refractivity contribution in [2.45, 2.75) is 50.1 Å². The van der Waals surface area contributed by atoms with Crippen molar-refractivity contribution in [2.75, 3.05) is 19.8 Å². The summed E-state index contributed by atoms with van der Waals surface area (Å²) in [5.41, 5.74) is 6.52. The highest BCUT2D eigenvalue weighted by molar-refractivity contribution is 4.99. The molecule has 1 saturated carbocycles. The summed E-state index contributed by atoms with van der Waals surface area (Å²) in [6.07, 6.45) is 6.24. The standard InChI is InChI=1S/C11H22N2O/c1-2-11(4-3-5-11)13-8-10(12)6-7-14-9-10/h13H,2-9,12H2,1H3. The van der Waals surface area contributed by atoms with E-state index in [2.05, 4.69) is 12.2 Å². The van der Waals surface area contributed by atoms with Gasteiger partial charge in [0.1, 0.15) is 0 Å². The summed E-state index contributed by atoms with van der Waals surface area (Å²) in [5, 5.41) is 3.66. The monoisotopic (exact) mass is 198 g/mol. The van der Waals surface area contributed by atoms with Crippen LogP contribution in [0.5, 0.6) is 0 Å². The molecule has 0 spiro atoms. The first kappa shape index (κ1) is 10.4. The maximum Gasteiger partial charge on any atom is 0.0659 e. The third-order valence-corrected chi connectivity index (χ3v) is 3.94.